The summed E-state index contributed by atoms with van der Waals surface area (Å²) in [5.74, 6) is 0. The molecule has 3 heteroatoms. The van der Waals surface area contributed by atoms with Crippen LogP contribution < -0.4 is 5.32 Å². The molecular formula is C30H31NO2. The van der Waals surface area contributed by atoms with E-state index in [9.17, 15) is 0 Å². The number of ether oxygens (including phenoxy) is 2. The van der Waals surface area contributed by atoms with Gasteiger partial charge in [0, 0.05) is 6.54 Å². The molecule has 0 aliphatic carbocycles. The highest BCUT2D eigenvalue weighted by Crippen LogP contribution is 2.22. The average molecular weight is 438 g/mol. The van der Waals surface area contributed by atoms with Crippen LogP contribution in [-0.4, -0.2) is 12.7 Å². The summed E-state index contributed by atoms with van der Waals surface area (Å²) in [4.78, 5) is 0. The predicted molar refractivity (Wildman–Crippen MR) is 134 cm³/mol. The average Bonchev–Trinajstić information content (AvgIpc) is 2.89. The molecule has 168 valence electrons. The first-order valence-electron chi connectivity index (χ1n) is 11.5. The zero-order chi connectivity index (χ0) is 22.6. The molecule has 4 aromatic rings. The SMILES string of the molecule is c1ccc(CNC(c2ccccc2)C(COCc2ccccc2)OCc2ccccc2)cc1. The zero-order valence-corrected chi connectivity index (χ0v) is 18.8. The smallest absolute Gasteiger partial charge is 0.101 e. The summed E-state index contributed by atoms with van der Waals surface area (Å²) < 4.78 is 12.6. The Bertz CT molecular complexity index is 1040. The van der Waals surface area contributed by atoms with Crippen LogP contribution in [0.5, 0.6) is 0 Å². The molecule has 0 heterocycles. The highest BCUT2D eigenvalue weighted by Gasteiger charge is 2.24. The van der Waals surface area contributed by atoms with Crippen molar-refractivity contribution in [2.45, 2.75) is 31.9 Å². The van der Waals surface area contributed by atoms with Crippen molar-refractivity contribution in [3.8, 4) is 0 Å². The molecular weight excluding hydrogens is 406 g/mol. The first-order valence-corrected chi connectivity index (χ1v) is 11.5. The lowest BCUT2D eigenvalue weighted by atomic mass is 10.0. The first-order chi connectivity index (χ1) is 16.4. The van der Waals surface area contributed by atoms with E-state index in [1.165, 1.54) is 11.1 Å². The Kier molecular flexibility index (Phi) is 8.83. The van der Waals surface area contributed by atoms with E-state index in [0.717, 1.165) is 17.7 Å². The van der Waals surface area contributed by atoms with Crippen molar-refractivity contribution in [2.24, 2.45) is 0 Å². The van der Waals surface area contributed by atoms with Gasteiger partial charge in [0.25, 0.3) is 0 Å². The monoisotopic (exact) mass is 437 g/mol. The Labute approximate surface area is 197 Å². The summed E-state index contributed by atoms with van der Waals surface area (Å²) in [5, 5.41) is 3.73. The maximum absolute atomic E-state index is 6.48. The second kappa shape index (κ2) is 12.7. The van der Waals surface area contributed by atoms with E-state index in [-0.39, 0.29) is 12.1 Å². The number of rotatable bonds is 12. The van der Waals surface area contributed by atoms with Crippen molar-refractivity contribution in [1.82, 2.24) is 5.32 Å². The summed E-state index contributed by atoms with van der Waals surface area (Å²) in [7, 11) is 0. The van der Waals surface area contributed by atoms with Crippen molar-refractivity contribution in [3.05, 3.63) is 144 Å². The Morgan fingerprint density at radius 1 is 0.545 bits per heavy atom. The number of nitrogens with one attached hydrogen (secondary N) is 1. The molecule has 1 N–H and O–H groups in total. The number of benzene rings is 4. The van der Waals surface area contributed by atoms with Gasteiger partial charge in [0.05, 0.1) is 25.9 Å². The molecule has 0 aliphatic heterocycles. The van der Waals surface area contributed by atoms with Crippen LogP contribution in [0.4, 0.5) is 0 Å². The Morgan fingerprint density at radius 2 is 1.03 bits per heavy atom. The molecule has 0 aliphatic rings. The van der Waals surface area contributed by atoms with Gasteiger partial charge in [-0.15, -0.1) is 0 Å². The maximum atomic E-state index is 6.48. The van der Waals surface area contributed by atoms with Gasteiger partial charge in [0.1, 0.15) is 6.10 Å². The van der Waals surface area contributed by atoms with E-state index in [2.05, 4.69) is 78.1 Å². The fourth-order valence-corrected chi connectivity index (χ4v) is 3.83. The van der Waals surface area contributed by atoms with Gasteiger partial charge in [-0.1, -0.05) is 121 Å². The van der Waals surface area contributed by atoms with Crippen LogP contribution >= 0.6 is 0 Å². The minimum absolute atomic E-state index is 0.00843. The minimum atomic E-state index is -0.153. The summed E-state index contributed by atoms with van der Waals surface area (Å²) >= 11 is 0. The minimum Gasteiger partial charge on any atom is -0.374 e. The number of hydrogen-bond acceptors (Lipinski definition) is 3. The normalized spacial score (nSPS) is 12.8. The Balaban J connectivity index is 1.50. The van der Waals surface area contributed by atoms with Crippen LogP contribution in [-0.2, 0) is 29.2 Å². The van der Waals surface area contributed by atoms with Gasteiger partial charge in [-0.05, 0) is 22.3 Å². The molecule has 0 saturated heterocycles. The second-order valence-corrected chi connectivity index (χ2v) is 8.09. The lowest BCUT2D eigenvalue weighted by molar-refractivity contribution is -0.0486. The molecule has 4 aromatic carbocycles. The predicted octanol–water partition coefficient (Wildman–Crippen LogP) is 6.32. The molecule has 0 saturated carbocycles. The van der Waals surface area contributed by atoms with Gasteiger partial charge in [-0.25, -0.2) is 0 Å². The quantitative estimate of drug-likeness (QED) is 0.281. The van der Waals surface area contributed by atoms with E-state index >= 15 is 0 Å². The summed E-state index contributed by atoms with van der Waals surface area (Å²) in [6.07, 6.45) is -0.153. The third kappa shape index (κ3) is 7.40. The molecule has 3 nitrogen and oxygen atoms in total. The fourth-order valence-electron chi connectivity index (χ4n) is 3.83. The maximum Gasteiger partial charge on any atom is 0.101 e. The van der Waals surface area contributed by atoms with Crippen LogP contribution in [0.25, 0.3) is 0 Å². The van der Waals surface area contributed by atoms with Gasteiger partial charge in [-0.2, -0.15) is 0 Å². The van der Waals surface area contributed by atoms with Crippen molar-refractivity contribution < 1.29 is 9.47 Å². The van der Waals surface area contributed by atoms with Crippen molar-refractivity contribution in [1.29, 1.82) is 0 Å². The molecule has 4 rings (SSSR count). The third-order valence-electron chi connectivity index (χ3n) is 5.60. The van der Waals surface area contributed by atoms with Gasteiger partial charge in [0.2, 0.25) is 0 Å². The van der Waals surface area contributed by atoms with Gasteiger partial charge >= 0.3 is 0 Å². The highest BCUT2D eigenvalue weighted by molar-refractivity contribution is 5.22. The van der Waals surface area contributed by atoms with E-state index in [1.54, 1.807) is 0 Å². The Hall–Kier alpha value is -3.24. The second-order valence-electron chi connectivity index (χ2n) is 8.09. The molecule has 0 amide bonds. The fraction of sp³-hybridized carbons (Fsp3) is 0.200. The van der Waals surface area contributed by atoms with Gasteiger partial charge < -0.3 is 14.8 Å². The first kappa shape index (κ1) is 22.9. The Morgan fingerprint density at radius 3 is 1.61 bits per heavy atom. The zero-order valence-electron chi connectivity index (χ0n) is 18.8. The van der Waals surface area contributed by atoms with Gasteiger partial charge in [-0.3, -0.25) is 0 Å². The van der Waals surface area contributed by atoms with Crippen molar-refractivity contribution in [3.63, 3.8) is 0 Å². The highest BCUT2D eigenvalue weighted by atomic mass is 16.5. The van der Waals surface area contributed by atoms with Crippen molar-refractivity contribution >= 4 is 0 Å². The van der Waals surface area contributed by atoms with Crippen LogP contribution in [0.3, 0.4) is 0 Å². The van der Waals surface area contributed by atoms with E-state index in [1.807, 2.05) is 48.5 Å². The van der Waals surface area contributed by atoms with E-state index < -0.39 is 0 Å². The lowest BCUT2D eigenvalue weighted by Gasteiger charge is -2.29. The summed E-state index contributed by atoms with van der Waals surface area (Å²) in [6.45, 7) is 2.34. The van der Waals surface area contributed by atoms with Crippen LogP contribution in [0.15, 0.2) is 121 Å². The largest absolute Gasteiger partial charge is 0.374 e. The molecule has 0 radical (unpaired) electrons. The van der Waals surface area contributed by atoms with E-state index in [0.29, 0.717) is 19.8 Å². The molecule has 0 bridgehead atoms. The molecule has 0 spiro atoms. The van der Waals surface area contributed by atoms with Gasteiger partial charge in [0.15, 0.2) is 0 Å². The van der Waals surface area contributed by atoms with Crippen LogP contribution in [0.2, 0.25) is 0 Å². The van der Waals surface area contributed by atoms with Crippen molar-refractivity contribution in [2.75, 3.05) is 6.61 Å². The molecule has 2 unspecified atom stereocenters. The standard InChI is InChI=1S/C30H31NO2/c1-5-13-25(14-6-1)21-31-30(28-19-11-4-12-20-28)29(33-23-27-17-9-3-10-18-27)24-32-22-26-15-7-2-8-16-26/h1-20,29-31H,21-24H2. The summed E-state index contributed by atoms with van der Waals surface area (Å²) in [6, 6.07) is 41.5. The molecule has 2 atom stereocenters. The molecule has 0 aromatic heterocycles. The lowest BCUT2D eigenvalue weighted by Crippen LogP contribution is -2.37. The molecule has 0 fully saturated rings. The number of hydrogen-bond donors (Lipinski definition) is 1. The van der Waals surface area contributed by atoms with E-state index in [4.69, 9.17) is 9.47 Å². The van der Waals surface area contributed by atoms with Crippen LogP contribution in [0.1, 0.15) is 28.3 Å². The topological polar surface area (TPSA) is 30.5 Å². The summed E-state index contributed by atoms with van der Waals surface area (Å²) in [5.41, 5.74) is 4.74. The molecule has 33 heavy (non-hydrogen) atoms. The van der Waals surface area contributed by atoms with Crippen LogP contribution in [0, 0.1) is 0 Å². The third-order valence-corrected chi connectivity index (χ3v) is 5.60.